The van der Waals surface area contributed by atoms with Gasteiger partial charge in [-0.1, -0.05) is 153 Å². The fourth-order valence-corrected chi connectivity index (χ4v) is 3.74. The second-order valence-corrected chi connectivity index (χ2v) is 9.25. The van der Waals surface area contributed by atoms with Crippen LogP contribution in [0.15, 0.2) is 61.2 Å². The highest BCUT2D eigenvalue weighted by Crippen LogP contribution is 2.13. The molecule has 0 atom stereocenters. The number of esters is 1. The molecule has 0 aliphatic heterocycles. The third-order valence-electron chi connectivity index (χ3n) is 5.96. The second kappa shape index (κ2) is 25.5. The highest BCUT2D eigenvalue weighted by Gasteiger charge is 2.05. The fraction of sp³-hybridized carbons (Fsp3) is 0.562. The van der Waals surface area contributed by atoms with E-state index >= 15 is 0 Å². The Morgan fingerprint density at radius 3 is 1.58 bits per heavy atom. The number of hydrogen-bond donors (Lipinski definition) is 1. The molecule has 0 amide bonds. The molecule has 0 aliphatic carbocycles. The maximum Gasteiger partial charge on any atom is 0.337 e. The van der Waals surface area contributed by atoms with Gasteiger partial charge in [-0.15, -0.1) is 0 Å². The lowest BCUT2D eigenvalue weighted by Crippen LogP contribution is -2.07. The van der Waals surface area contributed by atoms with Gasteiger partial charge in [0.05, 0.1) is 12.2 Å². The van der Waals surface area contributed by atoms with Crippen LogP contribution in [-0.4, -0.2) is 23.7 Å². The Labute approximate surface area is 220 Å². The lowest BCUT2D eigenvalue weighted by molar-refractivity contribution is -0.138. The van der Waals surface area contributed by atoms with Gasteiger partial charge in [-0.25, -0.2) is 9.59 Å². The van der Waals surface area contributed by atoms with Crippen LogP contribution in [0, 0.1) is 0 Å². The molecule has 0 unspecified atom stereocenters. The van der Waals surface area contributed by atoms with Crippen LogP contribution in [0.4, 0.5) is 0 Å². The van der Waals surface area contributed by atoms with Gasteiger partial charge in [0, 0.05) is 6.08 Å². The average Bonchev–Trinajstić information content (AvgIpc) is 2.89. The monoisotopic (exact) mass is 498 g/mol. The number of carbonyl (C=O) groups is 2. The van der Waals surface area contributed by atoms with E-state index in [-0.39, 0.29) is 5.57 Å². The first-order valence-corrected chi connectivity index (χ1v) is 14.0. The van der Waals surface area contributed by atoms with Crippen LogP contribution in [0.3, 0.4) is 0 Å². The van der Waals surface area contributed by atoms with Crippen molar-refractivity contribution in [1.29, 1.82) is 0 Å². The molecule has 0 aromatic heterocycles. The fourth-order valence-electron chi connectivity index (χ4n) is 3.74. The van der Waals surface area contributed by atoms with E-state index in [1.54, 1.807) is 0 Å². The van der Waals surface area contributed by atoms with Gasteiger partial charge in [0.1, 0.15) is 0 Å². The van der Waals surface area contributed by atoms with Crippen molar-refractivity contribution >= 4 is 18.0 Å². The molecule has 0 saturated heterocycles. The van der Waals surface area contributed by atoms with Crippen molar-refractivity contribution in [2.45, 2.75) is 110 Å². The summed E-state index contributed by atoms with van der Waals surface area (Å²) in [7, 11) is 0. The van der Waals surface area contributed by atoms with Crippen LogP contribution in [0.25, 0.3) is 6.08 Å². The number of carboxylic acids is 1. The summed E-state index contributed by atoms with van der Waals surface area (Å²) in [5.41, 5.74) is 1.24. The molecule has 0 radical (unpaired) electrons. The van der Waals surface area contributed by atoms with Crippen LogP contribution >= 0.6 is 0 Å². The van der Waals surface area contributed by atoms with E-state index in [4.69, 9.17) is 9.84 Å². The third-order valence-corrected chi connectivity index (χ3v) is 5.96. The summed E-state index contributed by atoms with van der Waals surface area (Å²) in [4.78, 5) is 21.9. The van der Waals surface area contributed by atoms with Gasteiger partial charge in [0.2, 0.25) is 0 Å². The van der Waals surface area contributed by atoms with Crippen LogP contribution in [0.5, 0.6) is 0 Å². The first kappa shape index (κ1) is 33.4. The average molecular weight is 499 g/mol. The summed E-state index contributed by atoms with van der Waals surface area (Å²) in [5, 5.41) is 8.50. The maximum atomic E-state index is 11.5. The molecule has 1 aromatic carbocycles. The van der Waals surface area contributed by atoms with Gasteiger partial charge in [-0.05, 0) is 18.1 Å². The molecule has 4 heteroatoms. The molecule has 0 aliphatic rings. The second-order valence-electron chi connectivity index (χ2n) is 9.25. The quantitative estimate of drug-likeness (QED) is 0.0793. The zero-order valence-corrected chi connectivity index (χ0v) is 22.7. The van der Waals surface area contributed by atoms with E-state index in [9.17, 15) is 9.59 Å². The van der Waals surface area contributed by atoms with E-state index < -0.39 is 11.9 Å². The van der Waals surface area contributed by atoms with Crippen molar-refractivity contribution in [2.75, 3.05) is 6.61 Å². The molecule has 202 valence electrons. The predicted octanol–water partition coefficient (Wildman–Crippen LogP) is 9.32. The SMILES string of the molecule is C=C(C=CC(=O)O)C(=O)OCCCCCCCCCCCCCCCCCC.C=Cc1ccccc1. The molecular weight excluding hydrogens is 448 g/mol. The van der Waals surface area contributed by atoms with Crippen LogP contribution < -0.4 is 0 Å². The number of rotatable bonds is 21. The van der Waals surface area contributed by atoms with Gasteiger partial charge in [0.15, 0.2) is 0 Å². The van der Waals surface area contributed by atoms with Gasteiger partial charge in [-0.3, -0.25) is 0 Å². The van der Waals surface area contributed by atoms with Crippen molar-refractivity contribution in [1.82, 2.24) is 0 Å². The Balaban J connectivity index is 0.00000128. The highest BCUT2D eigenvalue weighted by molar-refractivity contribution is 5.93. The minimum Gasteiger partial charge on any atom is -0.478 e. The zero-order valence-electron chi connectivity index (χ0n) is 22.7. The van der Waals surface area contributed by atoms with Crippen molar-refractivity contribution in [2.24, 2.45) is 0 Å². The molecule has 1 N–H and O–H groups in total. The van der Waals surface area contributed by atoms with Gasteiger partial charge in [-0.2, -0.15) is 0 Å². The normalized spacial score (nSPS) is 10.5. The molecule has 0 saturated carbocycles. The summed E-state index contributed by atoms with van der Waals surface area (Å²) in [6, 6.07) is 10.0. The highest BCUT2D eigenvalue weighted by atomic mass is 16.5. The van der Waals surface area contributed by atoms with Crippen LogP contribution in [-0.2, 0) is 14.3 Å². The number of hydrogen-bond acceptors (Lipinski definition) is 3. The largest absolute Gasteiger partial charge is 0.478 e. The standard InChI is InChI=1S/C24H42O4.C8H8/c1-3-4-5-6-7-8-9-10-11-12-13-14-15-16-17-18-21-28-24(27)22(2)19-20-23(25)26;1-2-8-6-4-3-5-7-8/h19-20H,2-18,21H2,1H3,(H,25,26);2-7H,1H2. The number of ether oxygens (including phenoxy) is 1. The summed E-state index contributed by atoms with van der Waals surface area (Å²) < 4.78 is 5.07. The van der Waals surface area contributed by atoms with Crippen LogP contribution in [0.1, 0.15) is 115 Å². The molecule has 4 nitrogen and oxygen atoms in total. The minimum atomic E-state index is -1.10. The van der Waals surface area contributed by atoms with E-state index in [2.05, 4.69) is 20.1 Å². The van der Waals surface area contributed by atoms with Crippen molar-refractivity contribution in [3.8, 4) is 0 Å². The molecule has 0 fully saturated rings. The van der Waals surface area contributed by atoms with E-state index in [1.807, 2.05) is 36.4 Å². The first-order chi connectivity index (χ1) is 17.5. The molecule has 0 spiro atoms. The van der Waals surface area contributed by atoms with Gasteiger partial charge in [0.25, 0.3) is 0 Å². The van der Waals surface area contributed by atoms with Crippen molar-refractivity contribution < 1.29 is 19.4 Å². The molecule has 1 aromatic rings. The predicted molar refractivity (Wildman–Crippen MR) is 153 cm³/mol. The van der Waals surface area contributed by atoms with Crippen LogP contribution in [0.2, 0.25) is 0 Å². The molecule has 1 rings (SSSR count). The Bertz CT molecular complexity index is 721. The topological polar surface area (TPSA) is 63.6 Å². The lowest BCUT2D eigenvalue weighted by Gasteiger charge is -2.05. The Kier molecular flexibility index (Phi) is 23.6. The summed E-state index contributed by atoms with van der Waals surface area (Å²) in [5.74, 6) is -1.65. The minimum absolute atomic E-state index is 0.0684. The Morgan fingerprint density at radius 1 is 0.750 bits per heavy atom. The number of aliphatic carboxylic acids is 1. The number of unbranched alkanes of at least 4 members (excludes halogenated alkanes) is 15. The van der Waals surface area contributed by atoms with Crippen molar-refractivity contribution in [3.63, 3.8) is 0 Å². The van der Waals surface area contributed by atoms with E-state index in [0.717, 1.165) is 25.0 Å². The van der Waals surface area contributed by atoms with E-state index in [0.29, 0.717) is 6.61 Å². The third kappa shape index (κ3) is 23.1. The summed E-state index contributed by atoms with van der Waals surface area (Å²) >= 11 is 0. The summed E-state index contributed by atoms with van der Waals surface area (Å²) in [6.45, 7) is 9.77. The molecule has 36 heavy (non-hydrogen) atoms. The smallest absolute Gasteiger partial charge is 0.337 e. The lowest BCUT2D eigenvalue weighted by atomic mass is 10.0. The number of carbonyl (C=O) groups excluding carboxylic acids is 1. The Hall–Kier alpha value is -2.62. The Morgan fingerprint density at radius 2 is 1.19 bits per heavy atom. The summed E-state index contributed by atoms with van der Waals surface area (Å²) in [6.07, 6.45) is 24.8. The molecular formula is C32H50O4. The zero-order chi connectivity index (χ0) is 26.7. The van der Waals surface area contributed by atoms with E-state index in [1.165, 1.54) is 95.5 Å². The number of carboxylic acid groups (broad SMARTS) is 1. The van der Waals surface area contributed by atoms with Crippen molar-refractivity contribution in [3.05, 3.63) is 66.8 Å². The maximum absolute atomic E-state index is 11.5. The van der Waals surface area contributed by atoms with Gasteiger partial charge >= 0.3 is 11.9 Å². The first-order valence-electron chi connectivity index (χ1n) is 14.0. The number of benzene rings is 1. The molecule has 0 heterocycles. The van der Waals surface area contributed by atoms with Gasteiger partial charge < -0.3 is 9.84 Å². The molecule has 0 bridgehead atoms.